The topological polar surface area (TPSA) is 16.3 Å². The Kier molecular flexibility index (Phi) is 8.81. The Labute approximate surface area is 382 Å². The van der Waals surface area contributed by atoms with Crippen LogP contribution in [0.4, 0.5) is 34.1 Å². The fraction of sp³-hybridized carbons (Fsp3) is 0. The number of fused-ring (bicyclic) bond motifs is 10. The van der Waals surface area contributed by atoms with Gasteiger partial charge < -0.3 is 18.9 Å². The van der Waals surface area contributed by atoms with Crippen LogP contribution in [0, 0.1) is 0 Å². The normalized spacial score (nSPS) is 11.6. The van der Waals surface area contributed by atoms with Gasteiger partial charge in [0.15, 0.2) is 0 Å². The van der Waals surface area contributed by atoms with Crippen molar-refractivity contribution in [1.29, 1.82) is 0 Å². The van der Waals surface area contributed by atoms with Gasteiger partial charge in [0.05, 0.1) is 22.1 Å². The number of rotatable bonds is 8. The third-order valence-electron chi connectivity index (χ3n) is 13.2. The molecule has 13 aromatic rings. The molecule has 11 aromatic carbocycles. The summed E-state index contributed by atoms with van der Waals surface area (Å²) in [6.45, 7) is 0. The molecule has 0 N–H and O–H groups in total. The highest BCUT2D eigenvalue weighted by Gasteiger charge is 2.23. The van der Waals surface area contributed by atoms with Gasteiger partial charge in [0.1, 0.15) is 0 Å². The van der Waals surface area contributed by atoms with E-state index in [1.165, 1.54) is 65.2 Å². The smallest absolute Gasteiger partial charge is 0.0619 e. The third kappa shape index (κ3) is 6.07. The van der Waals surface area contributed by atoms with Gasteiger partial charge >= 0.3 is 0 Å². The molecule has 0 saturated carbocycles. The van der Waals surface area contributed by atoms with Gasteiger partial charge in [-0.25, -0.2) is 0 Å². The first-order valence-corrected chi connectivity index (χ1v) is 22.6. The Balaban J connectivity index is 1.06. The Morgan fingerprint density at radius 3 is 0.864 bits per heavy atom. The highest BCUT2D eigenvalue weighted by atomic mass is 15.1. The minimum absolute atomic E-state index is 1.11. The zero-order chi connectivity index (χ0) is 43.6. The molecule has 0 saturated heterocycles. The van der Waals surface area contributed by atoms with E-state index < -0.39 is 0 Å². The lowest BCUT2D eigenvalue weighted by molar-refractivity contribution is 1.18. The number of aromatic nitrogens is 2. The van der Waals surface area contributed by atoms with Crippen molar-refractivity contribution in [3.05, 3.63) is 255 Å². The summed E-state index contributed by atoms with van der Waals surface area (Å²) in [6.07, 6.45) is 0. The fourth-order valence-electron chi connectivity index (χ4n) is 10.3. The number of anilines is 6. The monoisotopic (exact) mass is 842 g/mol. The average Bonchev–Trinajstić information content (AvgIpc) is 3.90. The van der Waals surface area contributed by atoms with Crippen LogP contribution in [0.5, 0.6) is 0 Å². The molecule has 2 heterocycles. The Morgan fingerprint density at radius 2 is 0.530 bits per heavy atom. The van der Waals surface area contributed by atoms with Gasteiger partial charge in [0, 0.05) is 77.8 Å². The number of hydrogen-bond donors (Lipinski definition) is 0. The molecule has 4 heteroatoms. The molecule has 0 atom stereocenters. The SMILES string of the molecule is c1ccc(N(c2ccccc2)c2ccc3c(ccc4c5cc6c(cc5n(-c5ccccc5)c34)c3ccc4cc(N(c5ccccc5)c5ccccc5)ccc4c3n6-c3ccccc3)c2)cc1. The summed E-state index contributed by atoms with van der Waals surface area (Å²) in [5.41, 5.74) is 13.7. The molecule has 0 fully saturated rings. The summed E-state index contributed by atoms with van der Waals surface area (Å²) in [6, 6.07) is 92.3. The van der Waals surface area contributed by atoms with Gasteiger partial charge in [-0.05, 0) is 120 Å². The van der Waals surface area contributed by atoms with E-state index in [4.69, 9.17) is 0 Å². The van der Waals surface area contributed by atoms with Crippen LogP contribution in [0.15, 0.2) is 255 Å². The first-order valence-electron chi connectivity index (χ1n) is 22.6. The number of hydrogen-bond acceptors (Lipinski definition) is 2. The summed E-state index contributed by atoms with van der Waals surface area (Å²) in [7, 11) is 0. The van der Waals surface area contributed by atoms with Gasteiger partial charge in [-0.15, -0.1) is 0 Å². The second-order valence-electron chi connectivity index (χ2n) is 17.0. The maximum absolute atomic E-state index is 2.49. The number of benzene rings is 11. The van der Waals surface area contributed by atoms with Crippen LogP contribution < -0.4 is 9.80 Å². The molecule has 0 radical (unpaired) electrons. The van der Waals surface area contributed by atoms with Crippen molar-refractivity contribution < 1.29 is 0 Å². The Hall–Kier alpha value is -8.86. The van der Waals surface area contributed by atoms with Crippen LogP contribution in [0.2, 0.25) is 0 Å². The zero-order valence-electron chi connectivity index (χ0n) is 36.0. The first-order chi connectivity index (χ1) is 32.8. The third-order valence-corrected chi connectivity index (χ3v) is 13.2. The molecule has 0 aliphatic heterocycles. The van der Waals surface area contributed by atoms with Gasteiger partial charge in [-0.3, -0.25) is 0 Å². The molecular weight excluding hydrogens is 801 g/mol. The second-order valence-corrected chi connectivity index (χ2v) is 17.0. The molecule has 2 aromatic heterocycles. The summed E-state index contributed by atoms with van der Waals surface area (Å²) in [5, 5.41) is 9.67. The maximum Gasteiger partial charge on any atom is 0.0619 e. The van der Waals surface area contributed by atoms with E-state index in [1.807, 2.05) is 0 Å². The van der Waals surface area contributed by atoms with Crippen LogP contribution in [0.1, 0.15) is 0 Å². The minimum atomic E-state index is 1.11. The molecule has 0 unspecified atom stereocenters. The van der Waals surface area contributed by atoms with Gasteiger partial charge in [-0.2, -0.15) is 0 Å². The summed E-state index contributed by atoms with van der Waals surface area (Å²) >= 11 is 0. The van der Waals surface area contributed by atoms with Gasteiger partial charge in [-0.1, -0.05) is 146 Å². The van der Waals surface area contributed by atoms with E-state index >= 15 is 0 Å². The fourth-order valence-corrected chi connectivity index (χ4v) is 10.3. The van der Waals surface area contributed by atoms with Gasteiger partial charge in [0.2, 0.25) is 0 Å². The van der Waals surface area contributed by atoms with Crippen LogP contribution in [-0.2, 0) is 0 Å². The van der Waals surface area contributed by atoms with Crippen LogP contribution in [0.3, 0.4) is 0 Å². The maximum atomic E-state index is 2.49. The van der Waals surface area contributed by atoms with E-state index in [0.717, 1.165) is 45.5 Å². The minimum Gasteiger partial charge on any atom is -0.310 e. The van der Waals surface area contributed by atoms with Crippen LogP contribution >= 0.6 is 0 Å². The average molecular weight is 843 g/mol. The van der Waals surface area contributed by atoms with Crippen molar-refractivity contribution in [3.63, 3.8) is 0 Å². The predicted octanol–water partition coefficient (Wildman–Crippen LogP) is 17.1. The number of para-hydroxylation sites is 6. The molecule has 0 bridgehead atoms. The summed E-state index contributed by atoms with van der Waals surface area (Å²) in [5.74, 6) is 0. The van der Waals surface area contributed by atoms with Gasteiger partial charge in [0.25, 0.3) is 0 Å². The summed E-state index contributed by atoms with van der Waals surface area (Å²) in [4.78, 5) is 4.67. The van der Waals surface area contributed by atoms with Crippen molar-refractivity contribution in [2.75, 3.05) is 9.80 Å². The van der Waals surface area contributed by atoms with Crippen LogP contribution in [0.25, 0.3) is 76.5 Å². The molecule has 13 rings (SSSR count). The predicted molar refractivity (Wildman–Crippen MR) is 279 cm³/mol. The van der Waals surface area contributed by atoms with E-state index in [0.29, 0.717) is 0 Å². The molecular formula is C62H42N4. The van der Waals surface area contributed by atoms with Crippen LogP contribution in [-0.4, -0.2) is 9.13 Å². The Bertz CT molecular complexity index is 3560. The van der Waals surface area contributed by atoms with E-state index in [1.54, 1.807) is 0 Å². The Morgan fingerprint density at radius 1 is 0.227 bits per heavy atom. The molecule has 66 heavy (non-hydrogen) atoms. The number of nitrogens with zero attached hydrogens (tertiary/aromatic N) is 4. The van der Waals surface area contributed by atoms with Crippen molar-refractivity contribution in [3.8, 4) is 11.4 Å². The first kappa shape index (κ1) is 37.7. The van der Waals surface area contributed by atoms with E-state index in [2.05, 4.69) is 274 Å². The lowest BCUT2D eigenvalue weighted by atomic mass is 10.0. The largest absolute Gasteiger partial charge is 0.310 e. The van der Waals surface area contributed by atoms with Crippen molar-refractivity contribution in [2.24, 2.45) is 0 Å². The van der Waals surface area contributed by atoms with E-state index in [-0.39, 0.29) is 0 Å². The molecule has 310 valence electrons. The quantitative estimate of drug-likeness (QED) is 0.152. The van der Waals surface area contributed by atoms with Crippen molar-refractivity contribution in [2.45, 2.75) is 0 Å². The molecule has 0 aliphatic rings. The highest BCUT2D eigenvalue weighted by Crippen LogP contribution is 2.45. The molecule has 0 amide bonds. The molecule has 4 nitrogen and oxygen atoms in total. The lowest BCUT2D eigenvalue weighted by Gasteiger charge is -2.25. The molecule has 0 spiro atoms. The standard InChI is InChI=1S/C62H42N4/c1-7-19-45(20-8-1)63(46-21-9-2-10-22-46)51-33-37-53-43(39-51)31-35-55-57-41-60-58(42-59(57)65(61(53)55)49-27-15-5-16-28-49)56-36-32-44-40-52(34-38-54(44)62(56)66(60)50-29-17-6-18-30-50)64(47-23-11-3-12-24-47)48-25-13-4-14-26-48/h1-42H. The highest BCUT2D eigenvalue weighted by molar-refractivity contribution is 6.25. The molecule has 0 aliphatic carbocycles. The van der Waals surface area contributed by atoms with Crippen molar-refractivity contribution in [1.82, 2.24) is 9.13 Å². The second kappa shape index (κ2) is 15.4. The van der Waals surface area contributed by atoms with E-state index in [9.17, 15) is 0 Å². The summed E-state index contributed by atoms with van der Waals surface area (Å²) < 4.78 is 4.97. The van der Waals surface area contributed by atoms with Crippen molar-refractivity contribution >= 4 is 99.3 Å². The lowest BCUT2D eigenvalue weighted by Crippen LogP contribution is -2.09. The zero-order valence-corrected chi connectivity index (χ0v) is 36.0.